The Balaban J connectivity index is 1.68. The SMILES string of the molecule is C/C1=N/C/C=C\C=C(\CNC(=O)Nc2ccc(Cl)cc2)CC(=O)N1C1CCC(=O)NC1=O. The number of carbonyl (C=O) groups excluding carboxylic acids is 4. The Morgan fingerprint density at radius 1 is 1.25 bits per heavy atom. The molecular weight excluding hydrogens is 434 g/mol. The van der Waals surface area contributed by atoms with E-state index in [0.29, 0.717) is 28.7 Å². The molecule has 3 N–H and O–H groups in total. The Labute approximate surface area is 190 Å². The van der Waals surface area contributed by atoms with E-state index < -0.39 is 18.0 Å². The molecule has 1 atom stereocenters. The third-order valence-corrected chi connectivity index (χ3v) is 5.24. The van der Waals surface area contributed by atoms with Crippen LogP contribution in [0.2, 0.25) is 5.02 Å². The summed E-state index contributed by atoms with van der Waals surface area (Å²) in [4.78, 5) is 54.9. The van der Waals surface area contributed by atoms with Gasteiger partial charge in [-0.25, -0.2) is 4.79 Å². The maximum atomic E-state index is 13.1. The van der Waals surface area contributed by atoms with Crippen LogP contribution in [0.3, 0.4) is 0 Å². The second-order valence-electron chi connectivity index (χ2n) is 7.36. The molecule has 0 aromatic heterocycles. The van der Waals surface area contributed by atoms with Gasteiger partial charge in [0.2, 0.25) is 17.7 Å². The molecule has 0 bridgehead atoms. The topological polar surface area (TPSA) is 120 Å². The third-order valence-electron chi connectivity index (χ3n) is 4.99. The van der Waals surface area contributed by atoms with Crippen molar-refractivity contribution in [2.45, 2.75) is 32.2 Å². The number of amides is 5. The normalized spacial score (nSPS) is 23.9. The maximum absolute atomic E-state index is 13.1. The molecule has 0 saturated carbocycles. The third kappa shape index (κ3) is 6.27. The second kappa shape index (κ2) is 10.7. The predicted molar refractivity (Wildman–Crippen MR) is 121 cm³/mol. The van der Waals surface area contributed by atoms with Crippen molar-refractivity contribution in [1.29, 1.82) is 0 Å². The fourth-order valence-corrected chi connectivity index (χ4v) is 3.52. The number of urea groups is 1. The van der Waals surface area contributed by atoms with Crippen LogP contribution in [0.25, 0.3) is 0 Å². The lowest BCUT2D eigenvalue weighted by molar-refractivity contribution is -0.142. The number of rotatable bonds is 4. The van der Waals surface area contributed by atoms with Crippen LogP contribution in [0.15, 0.2) is 53.1 Å². The van der Waals surface area contributed by atoms with E-state index in [-0.39, 0.29) is 37.6 Å². The molecule has 1 aromatic carbocycles. The van der Waals surface area contributed by atoms with Crippen LogP contribution in [-0.2, 0) is 14.4 Å². The highest BCUT2D eigenvalue weighted by Gasteiger charge is 2.36. The molecule has 3 rings (SSSR count). The second-order valence-corrected chi connectivity index (χ2v) is 7.80. The molecule has 168 valence electrons. The molecule has 32 heavy (non-hydrogen) atoms. The number of hydrogen-bond donors (Lipinski definition) is 3. The van der Waals surface area contributed by atoms with E-state index in [0.717, 1.165) is 0 Å². The number of carbonyl (C=O) groups is 4. The number of amidine groups is 1. The monoisotopic (exact) mass is 457 g/mol. The molecule has 1 unspecified atom stereocenters. The standard InChI is InChI=1S/C22H24ClN5O4/c1-14-24-11-3-2-4-15(13-25-22(32)26-17-7-5-16(23)6-8-17)12-20(30)28(14)18-9-10-19(29)27-21(18)31/h2-8,18H,9-13H2,1H3,(H2,25,26,32)(H,27,29,31)/b3-2-,15-4+,24-14-. The summed E-state index contributed by atoms with van der Waals surface area (Å²) in [7, 11) is 0. The van der Waals surface area contributed by atoms with Crippen molar-refractivity contribution in [3.63, 3.8) is 0 Å². The number of aliphatic imine (C=N–C) groups is 1. The van der Waals surface area contributed by atoms with Gasteiger partial charge in [-0.2, -0.15) is 0 Å². The van der Waals surface area contributed by atoms with Crippen molar-refractivity contribution in [1.82, 2.24) is 15.5 Å². The molecular formula is C22H24ClN5O4. The number of piperidine rings is 1. The summed E-state index contributed by atoms with van der Waals surface area (Å²) < 4.78 is 0. The van der Waals surface area contributed by atoms with Crippen molar-refractivity contribution < 1.29 is 19.2 Å². The van der Waals surface area contributed by atoms with Gasteiger partial charge >= 0.3 is 6.03 Å². The number of halogens is 1. The van der Waals surface area contributed by atoms with Gasteiger partial charge in [-0.3, -0.25) is 29.6 Å². The summed E-state index contributed by atoms with van der Waals surface area (Å²) >= 11 is 5.84. The zero-order valence-electron chi connectivity index (χ0n) is 17.6. The quantitative estimate of drug-likeness (QED) is 0.601. The van der Waals surface area contributed by atoms with Gasteiger partial charge in [0.05, 0.1) is 13.0 Å². The van der Waals surface area contributed by atoms with E-state index in [2.05, 4.69) is 20.9 Å². The number of nitrogens with zero attached hydrogens (tertiary/aromatic N) is 2. The fraction of sp³-hybridized carbons (Fsp3) is 0.318. The van der Waals surface area contributed by atoms with Gasteiger partial charge in [0.15, 0.2) is 0 Å². The number of nitrogens with one attached hydrogen (secondary N) is 3. The van der Waals surface area contributed by atoms with Gasteiger partial charge < -0.3 is 10.6 Å². The van der Waals surface area contributed by atoms with Gasteiger partial charge in [-0.05, 0) is 43.2 Å². The molecule has 2 aliphatic heterocycles. The summed E-state index contributed by atoms with van der Waals surface area (Å²) in [6, 6.07) is 5.46. The Morgan fingerprint density at radius 2 is 2.00 bits per heavy atom. The van der Waals surface area contributed by atoms with Crippen molar-refractivity contribution in [3.8, 4) is 0 Å². The number of anilines is 1. The Hall–Kier alpha value is -3.46. The molecule has 0 spiro atoms. The number of allylic oxidation sites excluding steroid dienone is 2. The molecule has 10 heteroatoms. The fourth-order valence-electron chi connectivity index (χ4n) is 3.40. The van der Waals surface area contributed by atoms with E-state index in [1.807, 2.05) is 6.08 Å². The average molecular weight is 458 g/mol. The smallest absolute Gasteiger partial charge is 0.319 e. The highest BCUT2D eigenvalue weighted by molar-refractivity contribution is 6.30. The lowest BCUT2D eigenvalue weighted by Gasteiger charge is -2.33. The van der Waals surface area contributed by atoms with Crippen LogP contribution in [0.5, 0.6) is 0 Å². The molecule has 2 aliphatic rings. The highest BCUT2D eigenvalue weighted by Crippen LogP contribution is 2.18. The molecule has 5 amide bonds. The van der Waals surface area contributed by atoms with Crippen LogP contribution >= 0.6 is 11.6 Å². The molecule has 1 aromatic rings. The first-order chi connectivity index (χ1) is 15.3. The molecule has 0 radical (unpaired) electrons. The summed E-state index contributed by atoms with van der Waals surface area (Å²) in [6.07, 6.45) is 5.72. The maximum Gasteiger partial charge on any atom is 0.319 e. The predicted octanol–water partition coefficient (Wildman–Crippen LogP) is 2.40. The largest absolute Gasteiger partial charge is 0.334 e. The highest BCUT2D eigenvalue weighted by atomic mass is 35.5. The first-order valence-corrected chi connectivity index (χ1v) is 10.5. The number of imide groups is 1. The minimum absolute atomic E-state index is 0.0177. The van der Waals surface area contributed by atoms with Crippen molar-refractivity contribution in [2.75, 3.05) is 18.4 Å². The van der Waals surface area contributed by atoms with Gasteiger partial charge in [0.1, 0.15) is 11.9 Å². The van der Waals surface area contributed by atoms with Crippen LogP contribution < -0.4 is 16.0 Å². The molecule has 9 nitrogen and oxygen atoms in total. The summed E-state index contributed by atoms with van der Waals surface area (Å²) in [5.41, 5.74) is 1.24. The van der Waals surface area contributed by atoms with E-state index >= 15 is 0 Å². The van der Waals surface area contributed by atoms with E-state index in [9.17, 15) is 19.2 Å². The van der Waals surface area contributed by atoms with Gasteiger partial charge in [0.25, 0.3) is 0 Å². The van der Waals surface area contributed by atoms with Gasteiger partial charge in [0, 0.05) is 23.7 Å². The van der Waals surface area contributed by atoms with Gasteiger partial charge in [-0.15, -0.1) is 0 Å². The van der Waals surface area contributed by atoms with Crippen molar-refractivity contribution in [3.05, 3.63) is 53.1 Å². The van der Waals surface area contributed by atoms with Gasteiger partial charge in [-0.1, -0.05) is 29.8 Å². The van der Waals surface area contributed by atoms with Crippen LogP contribution in [0, 0.1) is 0 Å². The minimum atomic E-state index is -0.797. The van der Waals surface area contributed by atoms with E-state index in [4.69, 9.17) is 11.6 Å². The zero-order valence-corrected chi connectivity index (χ0v) is 18.3. The molecule has 2 heterocycles. The van der Waals surface area contributed by atoms with Crippen LogP contribution in [-0.4, -0.2) is 53.6 Å². The molecule has 0 aliphatic carbocycles. The van der Waals surface area contributed by atoms with Crippen molar-refractivity contribution >= 4 is 46.9 Å². The lowest BCUT2D eigenvalue weighted by atomic mass is 10.0. The molecule has 1 fully saturated rings. The Bertz CT molecular complexity index is 1000. The number of benzene rings is 1. The number of hydrogen-bond acceptors (Lipinski definition) is 5. The first kappa shape index (κ1) is 23.2. The first-order valence-electron chi connectivity index (χ1n) is 10.2. The summed E-state index contributed by atoms with van der Waals surface area (Å²) in [5, 5.41) is 8.27. The Morgan fingerprint density at radius 3 is 2.72 bits per heavy atom. The lowest BCUT2D eigenvalue weighted by Crippen LogP contribution is -2.56. The van der Waals surface area contributed by atoms with Crippen LogP contribution in [0.4, 0.5) is 10.5 Å². The Kier molecular flexibility index (Phi) is 7.77. The van der Waals surface area contributed by atoms with E-state index in [1.54, 1.807) is 43.3 Å². The van der Waals surface area contributed by atoms with Crippen molar-refractivity contribution in [2.24, 2.45) is 4.99 Å². The summed E-state index contributed by atoms with van der Waals surface area (Å²) in [6.45, 7) is 2.13. The van der Waals surface area contributed by atoms with Crippen LogP contribution in [0.1, 0.15) is 26.2 Å². The molecule has 1 saturated heterocycles. The minimum Gasteiger partial charge on any atom is -0.334 e. The summed E-state index contributed by atoms with van der Waals surface area (Å²) in [5.74, 6) is -0.789. The average Bonchev–Trinajstić information content (AvgIpc) is 2.74. The zero-order chi connectivity index (χ0) is 23.1. The van der Waals surface area contributed by atoms with E-state index in [1.165, 1.54) is 4.90 Å².